The van der Waals surface area contributed by atoms with E-state index in [0.29, 0.717) is 5.69 Å². The fourth-order valence-corrected chi connectivity index (χ4v) is 1.00. The summed E-state index contributed by atoms with van der Waals surface area (Å²) in [5.74, 6) is 0. The number of carbonyl (C=O) groups is 1. The summed E-state index contributed by atoms with van der Waals surface area (Å²) in [7, 11) is 0. The summed E-state index contributed by atoms with van der Waals surface area (Å²) in [6, 6.07) is 1.75. The minimum atomic E-state index is -0.676. The third-order valence-electron chi connectivity index (χ3n) is 1.49. The molecule has 0 aromatic carbocycles. The molecule has 1 rings (SSSR count). The molecule has 0 bridgehead atoms. The quantitative estimate of drug-likeness (QED) is 0.702. The van der Waals surface area contributed by atoms with Gasteiger partial charge in [0.25, 0.3) is 0 Å². The molecule has 0 aliphatic carbocycles. The Morgan fingerprint density at radius 3 is 2.85 bits per heavy atom. The molecule has 5 heteroatoms. The summed E-state index contributed by atoms with van der Waals surface area (Å²) in [5.41, 5.74) is 1.41. The van der Waals surface area contributed by atoms with Crippen molar-refractivity contribution >= 4 is 6.09 Å². The maximum absolute atomic E-state index is 11.7. The summed E-state index contributed by atoms with van der Waals surface area (Å²) < 4.78 is 17.3. The van der Waals surface area contributed by atoms with Gasteiger partial charge in [-0.25, -0.2) is 9.18 Å². The summed E-state index contributed by atoms with van der Waals surface area (Å²) in [6.07, 6.45) is -0.636. The highest BCUT2D eigenvalue weighted by Crippen LogP contribution is 2.02. The smallest absolute Gasteiger partial charge is 0.435 e. The van der Waals surface area contributed by atoms with E-state index in [9.17, 15) is 9.18 Å². The number of hydrogen-bond donors (Lipinski definition) is 0. The molecule has 0 unspecified atom stereocenters. The first-order valence-electron chi connectivity index (χ1n) is 3.91. The number of nitrogens with zero attached hydrogens (tertiary/aromatic N) is 2. The highest BCUT2D eigenvalue weighted by Gasteiger charge is 2.10. The molecule has 0 saturated carbocycles. The number of alkyl halides is 1. The van der Waals surface area contributed by atoms with Gasteiger partial charge >= 0.3 is 6.09 Å². The Labute approximate surface area is 75.3 Å². The van der Waals surface area contributed by atoms with Gasteiger partial charge in [-0.2, -0.15) is 9.78 Å². The fraction of sp³-hybridized carbons (Fsp3) is 0.500. The first kappa shape index (κ1) is 9.70. The first-order valence-corrected chi connectivity index (χ1v) is 3.91. The third kappa shape index (κ3) is 2.27. The molecule has 0 N–H and O–H groups in total. The highest BCUT2D eigenvalue weighted by atomic mass is 19.1. The van der Waals surface area contributed by atoms with Gasteiger partial charge in [0, 0.05) is 5.69 Å². The van der Waals surface area contributed by atoms with Crippen LogP contribution in [-0.2, 0) is 4.74 Å². The van der Waals surface area contributed by atoms with Gasteiger partial charge in [0.15, 0.2) is 0 Å². The normalized spacial score (nSPS) is 10.1. The molecule has 13 heavy (non-hydrogen) atoms. The van der Waals surface area contributed by atoms with Crippen LogP contribution in [0.15, 0.2) is 6.07 Å². The molecular weight excluding hydrogens is 175 g/mol. The Morgan fingerprint density at radius 2 is 2.38 bits per heavy atom. The average molecular weight is 186 g/mol. The van der Waals surface area contributed by atoms with Crippen molar-refractivity contribution in [1.29, 1.82) is 0 Å². The minimum absolute atomic E-state index is 0.225. The zero-order chi connectivity index (χ0) is 9.84. The molecule has 0 spiro atoms. The van der Waals surface area contributed by atoms with Crippen LogP contribution >= 0.6 is 0 Å². The molecule has 4 nitrogen and oxygen atoms in total. The van der Waals surface area contributed by atoms with Crippen molar-refractivity contribution in [3.05, 3.63) is 17.5 Å². The number of carbonyl (C=O) groups excluding carboxylic acids is 1. The fourth-order valence-electron chi connectivity index (χ4n) is 1.00. The summed E-state index contributed by atoms with van der Waals surface area (Å²) in [6.45, 7) is 2.60. The van der Waals surface area contributed by atoms with Crippen LogP contribution in [0.1, 0.15) is 11.4 Å². The Morgan fingerprint density at radius 1 is 1.69 bits per heavy atom. The second kappa shape index (κ2) is 4.02. The summed E-state index contributed by atoms with van der Waals surface area (Å²) >= 11 is 0. The summed E-state index contributed by atoms with van der Waals surface area (Å²) in [5, 5.41) is 3.88. The lowest BCUT2D eigenvalue weighted by molar-refractivity contribution is 0.135. The van der Waals surface area contributed by atoms with Gasteiger partial charge in [-0.05, 0) is 19.9 Å². The largest absolute Gasteiger partial charge is 0.445 e. The average Bonchev–Trinajstić information content (AvgIpc) is 2.41. The molecule has 1 heterocycles. The van der Waals surface area contributed by atoms with Crippen molar-refractivity contribution in [2.45, 2.75) is 13.8 Å². The van der Waals surface area contributed by atoms with Crippen LogP contribution in [0.4, 0.5) is 9.18 Å². The molecule has 0 radical (unpaired) electrons. The van der Waals surface area contributed by atoms with E-state index < -0.39 is 12.8 Å². The van der Waals surface area contributed by atoms with Crippen LogP contribution in [0.25, 0.3) is 0 Å². The number of ether oxygens (including phenoxy) is 1. The van der Waals surface area contributed by atoms with E-state index in [1.165, 1.54) is 0 Å². The van der Waals surface area contributed by atoms with Gasteiger partial charge in [0.1, 0.15) is 13.3 Å². The van der Waals surface area contributed by atoms with E-state index in [2.05, 4.69) is 9.84 Å². The van der Waals surface area contributed by atoms with Crippen molar-refractivity contribution in [1.82, 2.24) is 9.78 Å². The number of aryl methyl sites for hydroxylation is 2. The van der Waals surface area contributed by atoms with E-state index in [1.54, 1.807) is 19.9 Å². The van der Waals surface area contributed by atoms with E-state index in [0.717, 1.165) is 10.4 Å². The highest BCUT2D eigenvalue weighted by molar-refractivity contribution is 5.70. The van der Waals surface area contributed by atoms with Gasteiger partial charge in [0.2, 0.25) is 0 Å². The molecule has 1 aromatic rings. The van der Waals surface area contributed by atoms with Crippen LogP contribution in [0.3, 0.4) is 0 Å². The third-order valence-corrected chi connectivity index (χ3v) is 1.49. The molecule has 1 aromatic heterocycles. The van der Waals surface area contributed by atoms with E-state index in [-0.39, 0.29) is 6.61 Å². The number of halogens is 1. The van der Waals surface area contributed by atoms with Gasteiger partial charge in [-0.15, -0.1) is 0 Å². The standard InChI is InChI=1S/C8H11FN2O2/c1-6-5-7(2)11(10-6)8(12)13-4-3-9/h5H,3-4H2,1-2H3. The van der Waals surface area contributed by atoms with Gasteiger partial charge in [0.05, 0.1) is 5.69 Å². The molecule has 0 aliphatic heterocycles. The van der Waals surface area contributed by atoms with Crippen LogP contribution in [-0.4, -0.2) is 29.2 Å². The monoisotopic (exact) mass is 186 g/mol. The molecule has 0 saturated heterocycles. The van der Waals surface area contributed by atoms with Crippen molar-refractivity contribution in [3.63, 3.8) is 0 Å². The predicted octanol–water partition coefficient (Wildman–Crippen LogP) is 1.45. The molecule has 0 amide bonds. The van der Waals surface area contributed by atoms with E-state index in [4.69, 9.17) is 0 Å². The van der Waals surface area contributed by atoms with Gasteiger partial charge in [-0.1, -0.05) is 0 Å². The first-order chi connectivity index (χ1) is 6.15. The maximum Gasteiger partial charge on any atom is 0.435 e. The Balaban J connectivity index is 2.70. The molecule has 0 atom stereocenters. The van der Waals surface area contributed by atoms with Gasteiger partial charge < -0.3 is 4.74 Å². The van der Waals surface area contributed by atoms with Crippen LogP contribution in [0.2, 0.25) is 0 Å². The van der Waals surface area contributed by atoms with Crippen LogP contribution < -0.4 is 0 Å². The van der Waals surface area contributed by atoms with Crippen molar-refractivity contribution in [2.75, 3.05) is 13.3 Å². The van der Waals surface area contributed by atoms with Crippen LogP contribution in [0, 0.1) is 13.8 Å². The van der Waals surface area contributed by atoms with E-state index >= 15 is 0 Å². The maximum atomic E-state index is 11.7. The van der Waals surface area contributed by atoms with E-state index in [1.807, 2.05) is 0 Å². The lowest BCUT2D eigenvalue weighted by atomic mass is 10.4. The predicted molar refractivity (Wildman–Crippen MR) is 44.4 cm³/mol. The Bertz CT molecular complexity index is 309. The molecule has 0 aliphatic rings. The number of hydrogen-bond acceptors (Lipinski definition) is 3. The Hall–Kier alpha value is -1.39. The number of rotatable bonds is 2. The Kier molecular flexibility index (Phi) is 3.00. The lowest BCUT2D eigenvalue weighted by Crippen LogP contribution is -2.17. The zero-order valence-corrected chi connectivity index (χ0v) is 7.58. The van der Waals surface area contributed by atoms with Gasteiger partial charge in [-0.3, -0.25) is 0 Å². The second-order valence-electron chi connectivity index (χ2n) is 2.64. The zero-order valence-electron chi connectivity index (χ0n) is 7.58. The lowest BCUT2D eigenvalue weighted by Gasteiger charge is -2.02. The minimum Gasteiger partial charge on any atom is -0.445 e. The topological polar surface area (TPSA) is 44.1 Å². The number of aromatic nitrogens is 2. The SMILES string of the molecule is Cc1cc(C)n(C(=O)OCCF)n1. The van der Waals surface area contributed by atoms with Crippen molar-refractivity contribution in [2.24, 2.45) is 0 Å². The van der Waals surface area contributed by atoms with Crippen molar-refractivity contribution in [3.8, 4) is 0 Å². The summed E-state index contributed by atoms with van der Waals surface area (Å²) in [4.78, 5) is 11.1. The molecule has 0 fully saturated rings. The van der Waals surface area contributed by atoms with Crippen molar-refractivity contribution < 1.29 is 13.9 Å². The molecular formula is C8H11FN2O2. The second-order valence-corrected chi connectivity index (χ2v) is 2.64. The van der Waals surface area contributed by atoms with Crippen LogP contribution in [0.5, 0.6) is 0 Å². The molecule has 72 valence electrons.